The molecule has 2 aromatic carbocycles. The quantitative estimate of drug-likeness (QED) is 0.704. The van der Waals surface area contributed by atoms with Crippen LogP contribution in [0.4, 0.5) is 0 Å². The lowest BCUT2D eigenvalue weighted by atomic mass is 9.97. The third-order valence-corrected chi connectivity index (χ3v) is 3.54. The van der Waals surface area contributed by atoms with E-state index in [2.05, 4.69) is 24.3 Å². The molecule has 1 atom stereocenters. The Bertz CT molecular complexity index is 569. The molecule has 0 amide bonds. The van der Waals surface area contributed by atoms with Crippen molar-refractivity contribution in [3.8, 4) is 0 Å². The van der Waals surface area contributed by atoms with Gasteiger partial charge in [0.1, 0.15) is 6.10 Å². The van der Waals surface area contributed by atoms with Crippen molar-refractivity contribution in [2.75, 3.05) is 0 Å². The molecule has 1 saturated heterocycles. The third-order valence-electron chi connectivity index (χ3n) is 3.54. The smallest absolute Gasteiger partial charge is 0.306 e. The Kier molecular flexibility index (Phi) is 3.01. The minimum atomic E-state index is -0.0777. The van der Waals surface area contributed by atoms with E-state index >= 15 is 0 Å². The number of esters is 1. The zero-order valence-electron chi connectivity index (χ0n) is 10.3. The Morgan fingerprint density at radius 1 is 1.00 bits per heavy atom. The minimum Gasteiger partial charge on any atom is -0.457 e. The molecule has 1 unspecified atom stereocenters. The molecule has 0 radical (unpaired) electrons. The maximum Gasteiger partial charge on any atom is 0.306 e. The van der Waals surface area contributed by atoms with Gasteiger partial charge in [-0.05, 0) is 30.0 Å². The Balaban J connectivity index is 2.05. The van der Waals surface area contributed by atoms with E-state index in [0.717, 1.165) is 24.8 Å². The van der Waals surface area contributed by atoms with Gasteiger partial charge in [0.25, 0.3) is 0 Å². The summed E-state index contributed by atoms with van der Waals surface area (Å²) in [5, 5.41) is 2.40. The maximum atomic E-state index is 11.6. The van der Waals surface area contributed by atoms with Crippen molar-refractivity contribution in [2.24, 2.45) is 0 Å². The molecular formula is C16H16O2. The minimum absolute atomic E-state index is 0.0644. The van der Waals surface area contributed by atoms with Gasteiger partial charge in [0.05, 0.1) is 0 Å². The van der Waals surface area contributed by atoms with Gasteiger partial charge in [-0.2, -0.15) is 0 Å². The molecule has 1 heterocycles. The first-order valence-corrected chi connectivity index (χ1v) is 6.52. The number of carbonyl (C=O) groups is 1. The van der Waals surface area contributed by atoms with E-state index in [1.165, 1.54) is 10.8 Å². The number of benzene rings is 2. The molecule has 0 bridgehead atoms. The van der Waals surface area contributed by atoms with Gasteiger partial charge in [-0.1, -0.05) is 42.5 Å². The number of ether oxygens (including phenoxy) is 1. The third kappa shape index (κ3) is 2.10. The molecule has 1 fully saturated rings. The van der Waals surface area contributed by atoms with Crippen LogP contribution < -0.4 is 0 Å². The fraction of sp³-hybridized carbons (Fsp3) is 0.312. The van der Waals surface area contributed by atoms with Crippen LogP contribution >= 0.6 is 0 Å². The van der Waals surface area contributed by atoms with Gasteiger partial charge in [0.15, 0.2) is 0 Å². The van der Waals surface area contributed by atoms with Gasteiger partial charge in [0.2, 0.25) is 0 Å². The Hall–Kier alpha value is -1.83. The van der Waals surface area contributed by atoms with Crippen LogP contribution in [0.1, 0.15) is 37.4 Å². The van der Waals surface area contributed by atoms with Gasteiger partial charge < -0.3 is 4.74 Å². The number of cyclic esters (lactones) is 1. The molecule has 0 saturated carbocycles. The standard InChI is InChI=1S/C16H16O2/c17-16-11-4-3-10-15(18-16)14-9-5-7-12-6-1-2-8-13(12)14/h1-2,5-9,15H,3-4,10-11H2. The molecule has 0 N–H and O–H groups in total. The zero-order valence-corrected chi connectivity index (χ0v) is 10.3. The highest BCUT2D eigenvalue weighted by atomic mass is 16.5. The first kappa shape index (κ1) is 11.3. The summed E-state index contributed by atoms with van der Waals surface area (Å²) in [6.07, 6.45) is 3.41. The molecule has 0 spiro atoms. The second kappa shape index (κ2) is 4.81. The van der Waals surface area contributed by atoms with Crippen LogP contribution in [0, 0.1) is 0 Å². The summed E-state index contributed by atoms with van der Waals surface area (Å²) in [6.45, 7) is 0. The predicted octanol–water partition coefficient (Wildman–Crippen LogP) is 4.00. The van der Waals surface area contributed by atoms with Crippen LogP contribution in [-0.2, 0) is 9.53 Å². The summed E-state index contributed by atoms with van der Waals surface area (Å²) in [4.78, 5) is 11.6. The predicted molar refractivity (Wildman–Crippen MR) is 71.2 cm³/mol. The van der Waals surface area contributed by atoms with E-state index in [4.69, 9.17) is 4.74 Å². The monoisotopic (exact) mass is 240 g/mol. The molecule has 2 aromatic rings. The van der Waals surface area contributed by atoms with Crippen molar-refractivity contribution in [2.45, 2.75) is 31.8 Å². The van der Waals surface area contributed by atoms with Gasteiger partial charge in [-0.3, -0.25) is 4.79 Å². The molecule has 3 rings (SSSR count). The fourth-order valence-corrected chi connectivity index (χ4v) is 2.63. The van der Waals surface area contributed by atoms with Crippen LogP contribution in [0.25, 0.3) is 10.8 Å². The van der Waals surface area contributed by atoms with E-state index in [1.807, 2.05) is 18.2 Å². The van der Waals surface area contributed by atoms with Crippen molar-refractivity contribution in [1.29, 1.82) is 0 Å². The highest BCUT2D eigenvalue weighted by Gasteiger charge is 2.21. The van der Waals surface area contributed by atoms with Crippen molar-refractivity contribution in [1.82, 2.24) is 0 Å². The molecule has 1 aliphatic rings. The van der Waals surface area contributed by atoms with Crippen LogP contribution in [0.5, 0.6) is 0 Å². The number of carbonyl (C=O) groups excluding carboxylic acids is 1. The largest absolute Gasteiger partial charge is 0.457 e. The Labute approximate surface area is 107 Å². The number of fused-ring (bicyclic) bond motifs is 1. The van der Waals surface area contributed by atoms with Crippen molar-refractivity contribution in [3.05, 3.63) is 48.0 Å². The van der Waals surface area contributed by atoms with Gasteiger partial charge in [0, 0.05) is 12.0 Å². The molecule has 1 aliphatic heterocycles. The highest BCUT2D eigenvalue weighted by Crippen LogP contribution is 2.32. The van der Waals surface area contributed by atoms with Crippen molar-refractivity contribution >= 4 is 16.7 Å². The summed E-state index contributed by atoms with van der Waals surface area (Å²) in [7, 11) is 0. The van der Waals surface area contributed by atoms with Gasteiger partial charge in [-0.25, -0.2) is 0 Å². The van der Waals surface area contributed by atoms with Gasteiger partial charge in [-0.15, -0.1) is 0 Å². The number of rotatable bonds is 1. The summed E-state index contributed by atoms with van der Waals surface area (Å²) < 4.78 is 5.57. The first-order valence-electron chi connectivity index (χ1n) is 6.52. The molecule has 2 nitrogen and oxygen atoms in total. The molecule has 18 heavy (non-hydrogen) atoms. The lowest BCUT2D eigenvalue weighted by Crippen LogP contribution is -2.08. The molecule has 0 aliphatic carbocycles. The highest BCUT2D eigenvalue weighted by molar-refractivity contribution is 5.86. The van der Waals surface area contributed by atoms with Crippen LogP contribution in [-0.4, -0.2) is 5.97 Å². The molecule has 0 aromatic heterocycles. The normalized spacial score (nSPS) is 20.4. The summed E-state index contributed by atoms with van der Waals surface area (Å²) in [6, 6.07) is 14.5. The van der Waals surface area contributed by atoms with Crippen molar-refractivity contribution in [3.63, 3.8) is 0 Å². The lowest BCUT2D eigenvalue weighted by Gasteiger charge is -2.17. The van der Waals surface area contributed by atoms with Gasteiger partial charge >= 0.3 is 5.97 Å². The average Bonchev–Trinajstić information content (AvgIpc) is 2.63. The Morgan fingerprint density at radius 2 is 1.83 bits per heavy atom. The second-order valence-corrected chi connectivity index (χ2v) is 4.79. The van der Waals surface area contributed by atoms with E-state index in [-0.39, 0.29) is 12.1 Å². The van der Waals surface area contributed by atoms with E-state index in [0.29, 0.717) is 6.42 Å². The fourth-order valence-electron chi connectivity index (χ4n) is 2.63. The second-order valence-electron chi connectivity index (χ2n) is 4.79. The molecular weight excluding hydrogens is 224 g/mol. The van der Waals surface area contributed by atoms with Crippen LogP contribution in [0.2, 0.25) is 0 Å². The van der Waals surface area contributed by atoms with Crippen LogP contribution in [0.3, 0.4) is 0 Å². The number of hydrogen-bond donors (Lipinski definition) is 0. The van der Waals surface area contributed by atoms with Crippen molar-refractivity contribution < 1.29 is 9.53 Å². The maximum absolute atomic E-state index is 11.6. The van der Waals surface area contributed by atoms with E-state index in [1.54, 1.807) is 0 Å². The number of hydrogen-bond acceptors (Lipinski definition) is 2. The average molecular weight is 240 g/mol. The molecule has 2 heteroatoms. The first-order chi connectivity index (χ1) is 8.84. The summed E-state index contributed by atoms with van der Waals surface area (Å²) >= 11 is 0. The van der Waals surface area contributed by atoms with Crippen LogP contribution in [0.15, 0.2) is 42.5 Å². The zero-order chi connectivity index (χ0) is 12.4. The SMILES string of the molecule is O=C1CCCCC(c2cccc3ccccc23)O1. The van der Waals surface area contributed by atoms with E-state index in [9.17, 15) is 4.79 Å². The summed E-state index contributed by atoms with van der Waals surface area (Å²) in [5.41, 5.74) is 1.14. The van der Waals surface area contributed by atoms with E-state index < -0.39 is 0 Å². The topological polar surface area (TPSA) is 26.3 Å². The lowest BCUT2D eigenvalue weighted by molar-refractivity contribution is -0.148. The Morgan fingerprint density at radius 3 is 2.78 bits per heavy atom. The molecule has 92 valence electrons. The summed E-state index contributed by atoms with van der Waals surface area (Å²) in [5.74, 6) is -0.0644.